The first kappa shape index (κ1) is 28.2. The van der Waals surface area contributed by atoms with E-state index >= 15 is 0 Å². The molecule has 0 aliphatic rings. The Balaban J connectivity index is 2.99. The van der Waals surface area contributed by atoms with Gasteiger partial charge in [0.1, 0.15) is 6.61 Å². The maximum atomic E-state index is 10.2. The third-order valence-corrected chi connectivity index (χ3v) is 3.98. The van der Waals surface area contributed by atoms with Gasteiger partial charge in [0.05, 0.1) is 66.1 Å². The molecule has 0 rings (SSSR count). The van der Waals surface area contributed by atoms with E-state index in [1.54, 1.807) is 0 Å². The predicted octanol–water partition coefficient (Wildman–Crippen LogP) is 2.92. The number of carboxylic acid groups (broad SMARTS) is 1. The molecule has 0 spiro atoms. The quantitative estimate of drug-likeness (QED) is 0.225. The zero-order valence-electron chi connectivity index (χ0n) is 18.2. The second kappa shape index (κ2) is 25.3. The summed E-state index contributed by atoms with van der Waals surface area (Å²) in [6, 6.07) is 0. The fraction of sp³-hybridized carbons (Fsp3) is 0.952. The zero-order valence-corrected chi connectivity index (χ0v) is 18.2. The van der Waals surface area contributed by atoms with E-state index in [0.717, 1.165) is 13.0 Å². The lowest BCUT2D eigenvalue weighted by Crippen LogP contribution is -2.15. The second-order valence-electron chi connectivity index (χ2n) is 6.63. The van der Waals surface area contributed by atoms with Crippen LogP contribution in [0, 0.1) is 0 Å². The van der Waals surface area contributed by atoms with Crippen molar-refractivity contribution in [1.29, 1.82) is 0 Å². The molecule has 0 fully saturated rings. The highest BCUT2D eigenvalue weighted by atomic mass is 16.6. The van der Waals surface area contributed by atoms with Gasteiger partial charge in [-0.3, -0.25) is 0 Å². The summed E-state index contributed by atoms with van der Waals surface area (Å²) in [7, 11) is 0. The van der Waals surface area contributed by atoms with E-state index in [-0.39, 0.29) is 13.2 Å². The van der Waals surface area contributed by atoms with E-state index in [4.69, 9.17) is 33.5 Å². The topological polar surface area (TPSA) is 92.7 Å². The Bertz CT molecular complexity index is 328. The summed E-state index contributed by atoms with van der Waals surface area (Å²) in [5.41, 5.74) is 0. The molecule has 0 radical (unpaired) electrons. The summed E-state index contributed by atoms with van der Waals surface area (Å²) in [6.45, 7) is 7.64. The van der Waals surface area contributed by atoms with Gasteiger partial charge in [-0.15, -0.1) is 0 Å². The summed E-state index contributed by atoms with van der Waals surface area (Å²) in [5.74, 6) is -0.981. The van der Waals surface area contributed by atoms with Gasteiger partial charge in [0.25, 0.3) is 0 Å². The van der Waals surface area contributed by atoms with Gasteiger partial charge in [0, 0.05) is 6.61 Å². The van der Waals surface area contributed by atoms with Crippen molar-refractivity contribution in [3.05, 3.63) is 0 Å². The molecular formula is C21H42O8. The normalized spacial score (nSPS) is 11.2. The summed E-state index contributed by atoms with van der Waals surface area (Å²) < 4.78 is 31.8. The average Bonchev–Trinajstić information content (AvgIpc) is 2.71. The molecule has 1 N–H and O–H groups in total. The number of hydrogen-bond acceptors (Lipinski definition) is 7. The standard InChI is InChI=1S/C21H42O8/c1-2-3-4-5-6-7-8-9-24-10-11-25-12-13-26-14-15-27-16-17-28-18-19-29-20-21(22)23/h2-20H2,1H3,(H,22,23). The smallest absolute Gasteiger partial charge is 0.329 e. The van der Waals surface area contributed by atoms with E-state index in [2.05, 4.69) is 6.92 Å². The van der Waals surface area contributed by atoms with Crippen LogP contribution in [-0.4, -0.2) is 90.4 Å². The summed E-state index contributed by atoms with van der Waals surface area (Å²) >= 11 is 0. The van der Waals surface area contributed by atoms with Crippen LogP contribution in [-0.2, 0) is 33.2 Å². The molecule has 0 aliphatic heterocycles. The van der Waals surface area contributed by atoms with Gasteiger partial charge in [-0.05, 0) is 6.42 Å². The zero-order chi connectivity index (χ0) is 21.3. The van der Waals surface area contributed by atoms with Gasteiger partial charge in [-0.1, -0.05) is 45.4 Å². The Morgan fingerprint density at radius 2 is 0.862 bits per heavy atom. The third kappa shape index (κ3) is 27.2. The highest BCUT2D eigenvalue weighted by Crippen LogP contribution is 2.06. The second-order valence-corrected chi connectivity index (χ2v) is 6.63. The average molecular weight is 423 g/mol. The minimum absolute atomic E-state index is 0.263. The van der Waals surface area contributed by atoms with Crippen LogP contribution >= 0.6 is 0 Å². The van der Waals surface area contributed by atoms with Crippen LogP contribution in [0.2, 0.25) is 0 Å². The van der Waals surface area contributed by atoms with Gasteiger partial charge >= 0.3 is 5.97 Å². The Kier molecular flexibility index (Phi) is 24.6. The molecule has 0 heterocycles. The maximum Gasteiger partial charge on any atom is 0.329 e. The summed E-state index contributed by atoms with van der Waals surface area (Å²) in [4.78, 5) is 10.2. The molecule has 8 heteroatoms. The van der Waals surface area contributed by atoms with Crippen molar-refractivity contribution in [2.75, 3.05) is 79.3 Å². The molecule has 0 unspecified atom stereocenters. The number of rotatable bonds is 25. The van der Waals surface area contributed by atoms with Crippen LogP contribution in [0.1, 0.15) is 51.9 Å². The summed E-state index contributed by atoms with van der Waals surface area (Å²) in [6.07, 6.45) is 9.08. The van der Waals surface area contributed by atoms with Crippen LogP contribution in [0.3, 0.4) is 0 Å². The fourth-order valence-corrected chi connectivity index (χ4v) is 2.42. The van der Waals surface area contributed by atoms with E-state index in [1.807, 2.05) is 0 Å². The van der Waals surface area contributed by atoms with E-state index in [9.17, 15) is 4.79 Å². The number of aliphatic carboxylic acids is 1. The van der Waals surface area contributed by atoms with Crippen LogP contribution in [0.15, 0.2) is 0 Å². The molecule has 0 aliphatic carbocycles. The number of carboxylic acids is 1. The van der Waals surface area contributed by atoms with E-state index in [1.165, 1.54) is 38.5 Å². The van der Waals surface area contributed by atoms with Crippen molar-refractivity contribution < 1.29 is 38.3 Å². The minimum Gasteiger partial charge on any atom is -0.480 e. The summed E-state index contributed by atoms with van der Waals surface area (Å²) in [5, 5.41) is 8.38. The molecule has 29 heavy (non-hydrogen) atoms. The van der Waals surface area contributed by atoms with E-state index in [0.29, 0.717) is 59.5 Å². The largest absolute Gasteiger partial charge is 0.480 e. The Morgan fingerprint density at radius 3 is 1.28 bits per heavy atom. The lowest BCUT2D eigenvalue weighted by atomic mass is 10.1. The van der Waals surface area contributed by atoms with E-state index < -0.39 is 5.97 Å². The first-order valence-electron chi connectivity index (χ1n) is 11.0. The Labute approximate surface area is 176 Å². The lowest BCUT2D eigenvalue weighted by molar-refractivity contribution is -0.142. The molecule has 0 aromatic heterocycles. The van der Waals surface area contributed by atoms with Gasteiger partial charge in [-0.2, -0.15) is 0 Å². The molecule has 0 aromatic rings. The molecule has 0 bridgehead atoms. The van der Waals surface area contributed by atoms with Crippen LogP contribution < -0.4 is 0 Å². The molecule has 0 saturated carbocycles. The van der Waals surface area contributed by atoms with Crippen molar-refractivity contribution in [1.82, 2.24) is 0 Å². The molecular weight excluding hydrogens is 380 g/mol. The van der Waals surface area contributed by atoms with Crippen molar-refractivity contribution in [2.24, 2.45) is 0 Å². The van der Waals surface area contributed by atoms with Gasteiger partial charge in [-0.25, -0.2) is 4.79 Å². The van der Waals surface area contributed by atoms with Crippen molar-refractivity contribution in [2.45, 2.75) is 51.9 Å². The van der Waals surface area contributed by atoms with Crippen LogP contribution in [0.25, 0.3) is 0 Å². The monoisotopic (exact) mass is 422 g/mol. The first-order valence-corrected chi connectivity index (χ1v) is 11.0. The number of ether oxygens (including phenoxy) is 6. The lowest BCUT2D eigenvalue weighted by Gasteiger charge is -2.08. The minimum atomic E-state index is -0.981. The third-order valence-electron chi connectivity index (χ3n) is 3.98. The molecule has 174 valence electrons. The highest BCUT2D eigenvalue weighted by Gasteiger charge is 1.97. The molecule has 0 aromatic carbocycles. The SMILES string of the molecule is CCCCCCCCCOCCOCCOCCOCCOCCOCC(=O)O. The molecule has 8 nitrogen and oxygen atoms in total. The number of hydrogen-bond donors (Lipinski definition) is 1. The van der Waals surface area contributed by atoms with Crippen LogP contribution in [0.4, 0.5) is 0 Å². The highest BCUT2D eigenvalue weighted by molar-refractivity contribution is 5.67. The van der Waals surface area contributed by atoms with Crippen molar-refractivity contribution in [3.63, 3.8) is 0 Å². The molecule has 0 saturated heterocycles. The van der Waals surface area contributed by atoms with Crippen LogP contribution in [0.5, 0.6) is 0 Å². The fourth-order valence-electron chi connectivity index (χ4n) is 2.42. The molecule has 0 atom stereocenters. The maximum absolute atomic E-state index is 10.2. The van der Waals surface area contributed by atoms with Crippen molar-refractivity contribution >= 4 is 5.97 Å². The van der Waals surface area contributed by atoms with Gasteiger partial charge < -0.3 is 33.5 Å². The van der Waals surface area contributed by atoms with Gasteiger partial charge in [0.15, 0.2) is 0 Å². The first-order chi connectivity index (χ1) is 14.3. The molecule has 0 amide bonds. The Morgan fingerprint density at radius 1 is 0.517 bits per heavy atom. The van der Waals surface area contributed by atoms with Crippen molar-refractivity contribution in [3.8, 4) is 0 Å². The number of carbonyl (C=O) groups is 1. The predicted molar refractivity (Wildman–Crippen MR) is 111 cm³/mol. The Hall–Kier alpha value is -0.770. The number of unbranched alkanes of at least 4 members (excludes halogenated alkanes) is 6. The van der Waals surface area contributed by atoms with Gasteiger partial charge in [0.2, 0.25) is 0 Å².